The molecule has 0 aromatic heterocycles. The van der Waals surface area contributed by atoms with Crippen molar-refractivity contribution < 1.29 is 0 Å². The maximum absolute atomic E-state index is 3.89. The maximum atomic E-state index is 3.89. The van der Waals surface area contributed by atoms with Crippen LogP contribution >= 0.6 is 0 Å². The molecule has 0 unspecified atom stereocenters. The zero-order valence-corrected chi connectivity index (χ0v) is 18.7. The fourth-order valence-corrected chi connectivity index (χ4v) is 16.0. The van der Waals surface area contributed by atoms with E-state index in [1.807, 2.05) is 0 Å². The Morgan fingerprint density at radius 1 is 0.773 bits per heavy atom. The van der Waals surface area contributed by atoms with Crippen LogP contribution in [0.5, 0.6) is 0 Å². The average Bonchev–Trinajstić information content (AvgIpc) is 2.56. The van der Waals surface area contributed by atoms with Crippen LogP contribution < -0.4 is 0 Å². The molecular weight excluding hydrogens is 373 g/mol. The van der Waals surface area contributed by atoms with Gasteiger partial charge in [0.25, 0.3) is 0 Å². The Kier molecular flexibility index (Phi) is 14.4. The van der Waals surface area contributed by atoms with E-state index in [0.29, 0.717) is 0 Å². The summed E-state index contributed by atoms with van der Waals surface area (Å²) in [5, 5.41) is 0. The van der Waals surface area contributed by atoms with Crippen LogP contribution in [-0.4, -0.2) is 36.4 Å². The molecule has 1 nitrogen and oxygen atoms in total. The van der Waals surface area contributed by atoms with Crippen molar-refractivity contribution >= 4 is 18.4 Å². The van der Waals surface area contributed by atoms with Crippen molar-refractivity contribution in [2.24, 2.45) is 0 Å². The van der Waals surface area contributed by atoms with Crippen LogP contribution in [0.1, 0.15) is 73.1 Å². The molecule has 0 amide bonds. The van der Waals surface area contributed by atoms with Gasteiger partial charge in [0.15, 0.2) is 0 Å². The standard InChI is InChI=1S/C8H12N.3C4H9.Sn/c1-4-7-8-9(5-2)6-3;3*1-3-4-2;/h7-8H,5-6H2,2-3H3;3*1,3-4H2,2H3;. The van der Waals surface area contributed by atoms with Gasteiger partial charge in [0.2, 0.25) is 0 Å². The molecule has 0 atom stereocenters. The molecule has 22 heavy (non-hydrogen) atoms. The van der Waals surface area contributed by atoms with Crippen molar-refractivity contribution in [1.82, 2.24) is 4.90 Å². The molecule has 0 rings (SSSR count). The first-order valence-electron chi connectivity index (χ1n) is 9.61. The second-order valence-electron chi connectivity index (χ2n) is 6.40. The van der Waals surface area contributed by atoms with Gasteiger partial charge >= 0.3 is 145 Å². The fourth-order valence-electron chi connectivity index (χ4n) is 2.88. The van der Waals surface area contributed by atoms with Crippen molar-refractivity contribution in [2.75, 3.05) is 13.1 Å². The molecule has 0 bridgehead atoms. The summed E-state index contributed by atoms with van der Waals surface area (Å²) in [6, 6.07) is 0. The van der Waals surface area contributed by atoms with Gasteiger partial charge in [-0.05, 0) is 0 Å². The van der Waals surface area contributed by atoms with E-state index < -0.39 is 18.4 Å². The van der Waals surface area contributed by atoms with Crippen LogP contribution in [0.25, 0.3) is 0 Å². The molecule has 128 valence electrons. The Balaban J connectivity index is 4.99. The molecule has 0 saturated heterocycles. The molecule has 0 radical (unpaired) electrons. The molecule has 0 spiro atoms. The Bertz CT molecular complexity index is 312. The van der Waals surface area contributed by atoms with E-state index in [9.17, 15) is 0 Å². The Hall–Kier alpha value is -0.101. The van der Waals surface area contributed by atoms with Gasteiger partial charge in [0, 0.05) is 0 Å². The van der Waals surface area contributed by atoms with Gasteiger partial charge in [-0.15, -0.1) is 0 Å². The van der Waals surface area contributed by atoms with Crippen LogP contribution in [0, 0.1) is 9.86 Å². The molecule has 0 aromatic carbocycles. The summed E-state index contributed by atoms with van der Waals surface area (Å²) in [6.45, 7) is 13.5. The monoisotopic (exact) mass is 413 g/mol. The van der Waals surface area contributed by atoms with E-state index in [4.69, 9.17) is 0 Å². The predicted octanol–water partition coefficient (Wildman–Crippen LogP) is 6.23. The molecule has 0 N–H and O–H groups in total. The summed E-state index contributed by atoms with van der Waals surface area (Å²) >= 11 is -2.22. The first-order chi connectivity index (χ1) is 10.7. The van der Waals surface area contributed by atoms with Crippen LogP contribution in [0.4, 0.5) is 0 Å². The number of allylic oxidation sites excluding steroid dienone is 1. The number of rotatable bonds is 12. The van der Waals surface area contributed by atoms with E-state index in [1.165, 1.54) is 51.8 Å². The topological polar surface area (TPSA) is 3.24 Å². The third-order valence-electron chi connectivity index (χ3n) is 4.55. The summed E-state index contributed by atoms with van der Waals surface area (Å²) in [6.07, 6.45) is 12.5. The Morgan fingerprint density at radius 3 is 1.59 bits per heavy atom. The van der Waals surface area contributed by atoms with Crippen LogP contribution in [0.15, 0.2) is 12.3 Å². The first kappa shape index (κ1) is 21.9. The number of hydrogen-bond acceptors (Lipinski definition) is 1. The molecule has 0 aliphatic carbocycles. The SMILES string of the molecule is CCC[CH2][Sn]([C]#CC=CN(CC)CC)([CH2]CCC)[CH2]CCC. The normalized spacial score (nSPS) is 11.5. The first-order valence-corrected chi connectivity index (χ1v) is 17.1. The summed E-state index contributed by atoms with van der Waals surface area (Å²) < 4.78 is 8.34. The summed E-state index contributed by atoms with van der Waals surface area (Å²) in [5.74, 6) is 3.47. The minimum absolute atomic E-state index is 1.07. The van der Waals surface area contributed by atoms with Gasteiger partial charge in [-0.25, -0.2) is 0 Å². The van der Waals surface area contributed by atoms with E-state index in [-0.39, 0.29) is 0 Å². The zero-order valence-electron chi connectivity index (χ0n) is 15.9. The van der Waals surface area contributed by atoms with Gasteiger partial charge in [0.1, 0.15) is 0 Å². The average molecular weight is 412 g/mol. The summed E-state index contributed by atoms with van der Waals surface area (Å²) in [4.78, 5) is 2.32. The Morgan fingerprint density at radius 2 is 1.23 bits per heavy atom. The molecule has 2 heteroatoms. The van der Waals surface area contributed by atoms with E-state index >= 15 is 0 Å². The van der Waals surface area contributed by atoms with Crippen molar-refractivity contribution in [3.05, 3.63) is 12.3 Å². The van der Waals surface area contributed by atoms with Crippen LogP contribution in [0.2, 0.25) is 13.3 Å². The van der Waals surface area contributed by atoms with Crippen molar-refractivity contribution in [3.8, 4) is 9.86 Å². The zero-order chi connectivity index (χ0) is 16.7. The van der Waals surface area contributed by atoms with Crippen LogP contribution in [-0.2, 0) is 0 Å². The molecule has 0 heterocycles. The molecular formula is C20H39NSn. The van der Waals surface area contributed by atoms with Crippen molar-refractivity contribution in [1.29, 1.82) is 0 Å². The number of nitrogens with zero attached hydrogens (tertiary/aromatic N) is 1. The summed E-state index contributed by atoms with van der Waals surface area (Å²) in [7, 11) is 0. The van der Waals surface area contributed by atoms with Gasteiger partial charge in [-0.3, -0.25) is 0 Å². The van der Waals surface area contributed by atoms with Gasteiger partial charge in [-0.2, -0.15) is 0 Å². The van der Waals surface area contributed by atoms with E-state index in [2.05, 4.69) is 61.7 Å². The van der Waals surface area contributed by atoms with Crippen LogP contribution in [0.3, 0.4) is 0 Å². The summed E-state index contributed by atoms with van der Waals surface area (Å²) in [5.41, 5.74) is 0. The minimum atomic E-state index is -2.22. The number of hydrogen-bond donors (Lipinski definition) is 0. The number of unbranched alkanes of at least 4 members (excludes halogenated alkanes) is 3. The molecule has 0 aliphatic heterocycles. The Labute approximate surface area is 144 Å². The fraction of sp³-hybridized carbons (Fsp3) is 0.800. The predicted molar refractivity (Wildman–Crippen MR) is 105 cm³/mol. The third-order valence-corrected chi connectivity index (χ3v) is 17.7. The van der Waals surface area contributed by atoms with Gasteiger partial charge in [0.05, 0.1) is 0 Å². The van der Waals surface area contributed by atoms with Crippen molar-refractivity contribution in [2.45, 2.75) is 86.5 Å². The third kappa shape index (κ3) is 9.82. The molecule has 0 aromatic rings. The molecule has 0 fully saturated rings. The van der Waals surface area contributed by atoms with Gasteiger partial charge in [-0.1, -0.05) is 0 Å². The van der Waals surface area contributed by atoms with E-state index in [1.54, 1.807) is 0 Å². The molecule has 0 aliphatic rings. The van der Waals surface area contributed by atoms with E-state index in [0.717, 1.165) is 13.1 Å². The quantitative estimate of drug-likeness (QED) is 0.271. The second-order valence-corrected chi connectivity index (χ2v) is 18.7. The van der Waals surface area contributed by atoms with Gasteiger partial charge < -0.3 is 0 Å². The van der Waals surface area contributed by atoms with Crippen molar-refractivity contribution in [3.63, 3.8) is 0 Å². The second kappa shape index (κ2) is 14.5. The molecule has 0 saturated carbocycles.